The normalized spacial score (nSPS) is 11.0. The maximum absolute atomic E-state index is 12.9. The average molecular weight is 369 g/mol. The van der Waals surface area contributed by atoms with Crippen LogP contribution in [-0.2, 0) is 14.8 Å². The molecule has 0 radical (unpaired) electrons. The van der Waals surface area contributed by atoms with E-state index in [1.807, 2.05) is 37.3 Å². The zero-order chi connectivity index (χ0) is 19.0. The highest BCUT2D eigenvalue weighted by Crippen LogP contribution is 2.17. The first-order chi connectivity index (χ1) is 12.4. The van der Waals surface area contributed by atoms with Gasteiger partial charge in [-0.15, -0.1) is 0 Å². The molecule has 0 amide bonds. The Morgan fingerprint density at radius 2 is 1.69 bits per heavy atom. The monoisotopic (exact) mass is 369 g/mol. The van der Waals surface area contributed by atoms with E-state index >= 15 is 0 Å². The largest absolute Gasteiger partial charge is 0.300 e. The summed E-state index contributed by atoms with van der Waals surface area (Å²) in [6.07, 6.45) is 0.833. The number of hydrogen-bond donors (Lipinski definition) is 0. The Bertz CT molecular complexity index is 892. The Morgan fingerprint density at radius 3 is 2.31 bits per heavy atom. The van der Waals surface area contributed by atoms with E-state index in [4.69, 9.17) is 0 Å². The van der Waals surface area contributed by atoms with Gasteiger partial charge in [0.05, 0.1) is 11.4 Å². The van der Waals surface area contributed by atoms with Crippen molar-refractivity contribution in [3.05, 3.63) is 65.7 Å². The molecular weight excluding hydrogens is 346 g/mol. The standard InChI is InChI=1S/C21H23NO3S/c1-18-12-14-21(15-13-18)26(24,25)22(16-6-8-19(2)23)17-7-11-20-9-4-3-5-10-20/h3-5,9-10,12-15H,6,8,16-17H2,1-2H3. The molecule has 0 aromatic heterocycles. The van der Waals surface area contributed by atoms with Crippen molar-refractivity contribution in [1.82, 2.24) is 4.31 Å². The van der Waals surface area contributed by atoms with Crippen LogP contribution in [0, 0.1) is 18.8 Å². The van der Waals surface area contributed by atoms with Crippen molar-refractivity contribution < 1.29 is 13.2 Å². The Morgan fingerprint density at radius 1 is 1.04 bits per heavy atom. The second-order valence-corrected chi connectivity index (χ2v) is 8.06. The molecule has 0 aliphatic carbocycles. The minimum Gasteiger partial charge on any atom is -0.300 e. The molecule has 5 heteroatoms. The molecule has 0 spiro atoms. The van der Waals surface area contributed by atoms with Crippen LogP contribution in [0.15, 0.2) is 59.5 Å². The van der Waals surface area contributed by atoms with Crippen molar-refractivity contribution in [2.45, 2.75) is 31.6 Å². The van der Waals surface area contributed by atoms with Gasteiger partial charge < -0.3 is 4.79 Å². The van der Waals surface area contributed by atoms with Crippen LogP contribution in [0.3, 0.4) is 0 Å². The summed E-state index contributed by atoms with van der Waals surface area (Å²) >= 11 is 0. The van der Waals surface area contributed by atoms with Gasteiger partial charge in [0.1, 0.15) is 5.78 Å². The van der Waals surface area contributed by atoms with Crippen LogP contribution in [0.2, 0.25) is 0 Å². The smallest absolute Gasteiger partial charge is 0.243 e. The molecule has 2 aromatic rings. The predicted molar refractivity (Wildman–Crippen MR) is 103 cm³/mol. The Labute approximate surface area is 155 Å². The van der Waals surface area contributed by atoms with Crippen LogP contribution in [0.25, 0.3) is 0 Å². The summed E-state index contributed by atoms with van der Waals surface area (Å²) in [5.41, 5.74) is 1.83. The number of Topliss-reactive ketones (excluding diaryl/α,β-unsaturated/α-hetero) is 1. The van der Waals surface area contributed by atoms with Gasteiger partial charge in [0.15, 0.2) is 0 Å². The SMILES string of the molecule is CC(=O)CCCN(CC#Cc1ccccc1)S(=O)(=O)c1ccc(C)cc1. The van der Waals surface area contributed by atoms with E-state index in [2.05, 4.69) is 11.8 Å². The number of carbonyl (C=O) groups is 1. The quantitative estimate of drug-likeness (QED) is 0.703. The van der Waals surface area contributed by atoms with Crippen LogP contribution in [0.4, 0.5) is 0 Å². The number of carbonyl (C=O) groups excluding carboxylic acids is 1. The van der Waals surface area contributed by atoms with Gasteiger partial charge in [-0.05, 0) is 44.5 Å². The molecule has 0 saturated heterocycles. The van der Waals surface area contributed by atoms with E-state index in [-0.39, 0.29) is 23.8 Å². The van der Waals surface area contributed by atoms with Gasteiger partial charge in [-0.2, -0.15) is 4.31 Å². The summed E-state index contributed by atoms with van der Waals surface area (Å²) in [6.45, 7) is 3.77. The summed E-state index contributed by atoms with van der Waals surface area (Å²) in [7, 11) is -3.65. The van der Waals surface area contributed by atoms with Gasteiger partial charge in [-0.3, -0.25) is 0 Å². The second kappa shape index (κ2) is 9.33. The zero-order valence-corrected chi connectivity index (χ0v) is 15.9. The Kier molecular flexibility index (Phi) is 7.14. The molecule has 2 aromatic carbocycles. The molecule has 2 rings (SSSR count). The molecule has 0 aliphatic rings. The summed E-state index contributed by atoms with van der Waals surface area (Å²) < 4.78 is 27.2. The fourth-order valence-corrected chi connectivity index (χ4v) is 3.78. The van der Waals surface area contributed by atoms with Gasteiger partial charge >= 0.3 is 0 Å². The molecule has 26 heavy (non-hydrogen) atoms. The number of hydrogen-bond acceptors (Lipinski definition) is 3. The molecular formula is C21H23NO3S. The van der Waals surface area contributed by atoms with Crippen molar-refractivity contribution in [3.8, 4) is 11.8 Å². The fourth-order valence-electron chi connectivity index (χ4n) is 2.40. The Hall–Kier alpha value is -2.42. The van der Waals surface area contributed by atoms with Gasteiger partial charge in [0.25, 0.3) is 0 Å². The minimum absolute atomic E-state index is 0.0491. The lowest BCUT2D eigenvalue weighted by Gasteiger charge is -2.19. The van der Waals surface area contributed by atoms with E-state index in [1.54, 1.807) is 24.3 Å². The summed E-state index contributed by atoms with van der Waals surface area (Å²) in [4.78, 5) is 11.4. The number of rotatable bonds is 7. The summed E-state index contributed by atoms with van der Waals surface area (Å²) in [5.74, 6) is 5.97. The van der Waals surface area contributed by atoms with Crippen LogP contribution >= 0.6 is 0 Å². The summed E-state index contributed by atoms with van der Waals surface area (Å²) in [6, 6.07) is 16.2. The maximum Gasteiger partial charge on any atom is 0.243 e. The third kappa shape index (κ3) is 5.83. The van der Waals surface area contributed by atoms with Crippen LogP contribution < -0.4 is 0 Å². The van der Waals surface area contributed by atoms with Gasteiger partial charge in [0, 0.05) is 18.5 Å². The number of ketones is 1. The van der Waals surface area contributed by atoms with Crippen molar-refractivity contribution in [3.63, 3.8) is 0 Å². The molecule has 0 saturated carbocycles. The van der Waals surface area contributed by atoms with E-state index in [1.165, 1.54) is 11.2 Å². The molecule has 0 N–H and O–H groups in total. The number of nitrogens with zero attached hydrogens (tertiary/aromatic N) is 1. The molecule has 0 aliphatic heterocycles. The molecule has 0 fully saturated rings. The average Bonchev–Trinajstić information content (AvgIpc) is 2.61. The van der Waals surface area contributed by atoms with Crippen molar-refractivity contribution >= 4 is 15.8 Å². The number of sulfonamides is 1. The third-order valence-corrected chi connectivity index (χ3v) is 5.72. The number of benzene rings is 2. The molecule has 0 bridgehead atoms. The maximum atomic E-state index is 12.9. The lowest BCUT2D eigenvalue weighted by Crippen LogP contribution is -2.32. The van der Waals surface area contributed by atoms with Crippen molar-refractivity contribution in [1.29, 1.82) is 0 Å². The zero-order valence-electron chi connectivity index (χ0n) is 15.1. The number of aryl methyl sites for hydroxylation is 1. The second-order valence-electron chi connectivity index (χ2n) is 6.13. The van der Waals surface area contributed by atoms with Gasteiger partial charge in [0.2, 0.25) is 10.0 Å². The first-order valence-corrected chi connectivity index (χ1v) is 9.94. The van der Waals surface area contributed by atoms with E-state index in [0.717, 1.165) is 11.1 Å². The highest BCUT2D eigenvalue weighted by molar-refractivity contribution is 7.89. The summed E-state index contributed by atoms with van der Waals surface area (Å²) in [5, 5.41) is 0. The topological polar surface area (TPSA) is 54.5 Å². The first-order valence-electron chi connectivity index (χ1n) is 8.50. The minimum atomic E-state index is -3.65. The van der Waals surface area contributed by atoms with E-state index in [9.17, 15) is 13.2 Å². The third-order valence-electron chi connectivity index (χ3n) is 3.86. The Balaban J connectivity index is 2.20. The lowest BCUT2D eigenvalue weighted by molar-refractivity contribution is -0.117. The predicted octanol–water partition coefficient (Wildman–Crippen LogP) is 3.41. The van der Waals surface area contributed by atoms with Gasteiger partial charge in [-0.25, -0.2) is 8.42 Å². The molecule has 0 unspecified atom stereocenters. The lowest BCUT2D eigenvalue weighted by atomic mass is 10.2. The van der Waals surface area contributed by atoms with Crippen LogP contribution in [-0.4, -0.2) is 31.6 Å². The highest BCUT2D eigenvalue weighted by Gasteiger charge is 2.23. The molecule has 136 valence electrons. The van der Waals surface area contributed by atoms with E-state index in [0.29, 0.717) is 12.8 Å². The van der Waals surface area contributed by atoms with Crippen molar-refractivity contribution in [2.75, 3.05) is 13.1 Å². The van der Waals surface area contributed by atoms with Crippen LogP contribution in [0.5, 0.6) is 0 Å². The molecule has 0 atom stereocenters. The van der Waals surface area contributed by atoms with E-state index < -0.39 is 10.0 Å². The van der Waals surface area contributed by atoms with Crippen LogP contribution in [0.1, 0.15) is 30.9 Å². The highest BCUT2D eigenvalue weighted by atomic mass is 32.2. The fraction of sp³-hybridized carbons (Fsp3) is 0.286. The van der Waals surface area contributed by atoms with Crippen molar-refractivity contribution in [2.24, 2.45) is 0 Å². The first kappa shape index (κ1) is 19.9. The molecule has 4 nitrogen and oxygen atoms in total. The molecule has 0 heterocycles. The van der Waals surface area contributed by atoms with Gasteiger partial charge in [-0.1, -0.05) is 47.7 Å².